The minimum atomic E-state index is -4.03. The SMILES string of the molecule is CCOc1cc(N2CCOCC2)c(OCC)cc1NS(=O)(=O)c1ccc(F)c(Cl)c1. The van der Waals surface area contributed by atoms with Crippen molar-refractivity contribution >= 4 is 33.0 Å². The number of ether oxygens (including phenoxy) is 3. The second-order valence-electron chi connectivity index (χ2n) is 6.46. The number of halogens is 2. The van der Waals surface area contributed by atoms with Gasteiger partial charge >= 0.3 is 0 Å². The molecule has 0 unspecified atom stereocenters. The Hall–Kier alpha value is -2.23. The molecule has 0 amide bonds. The van der Waals surface area contributed by atoms with Gasteiger partial charge in [0.25, 0.3) is 10.0 Å². The molecule has 2 aromatic carbocycles. The summed E-state index contributed by atoms with van der Waals surface area (Å²) in [4.78, 5) is 1.95. The van der Waals surface area contributed by atoms with Gasteiger partial charge in [0.05, 0.1) is 47.7 Å². The molecule has 1 aliphatic heterocycles. The molecular formula is C20H24ClFN2O5S. The van der Waals surface area contributed by atoms with Gasteiger partial charge < -0.3 is 19.1 Å². The maximum atomic E-state index is 13.4. The summed E-state index contributed by atoms with van der Waals surface area (Å²) in [6, 6.07) is 6.57. The van der Waals surface area contributed by atoms with Crippen molar-refractivity contribution < 1.29 is 27.0 Å². The summed E-state index contributed by atoms with van der Waals surface area (Å²) in [5.41, 5.74) is 1.02. The Morgan fingerprint density at radius 2 is 1.77 bits per heavy atom. The van der Waals surface area contributed by atoms with Crippen molar-refractivity contribution in [1.82, 2.24) is 0 Å². The molecule has 164 valence electrons. The van der Waals surface area contributed by atoms with E-state index >= 15 is 0 Å². The molecule has 0 aliphatic carbocycles. The first-order valence-corrected chi connectivity index (χ1v) is 11.5. The third-order valence-electron chi connectivity index (χ3n) is 4.46. The van der Waals surface area contributed by atoms with Crippen LogP contribution in [0.5, 0.6) is 11.5 Å². The van der Waals surface area contributed by atoms with E-state index in [1.807, 2.05) is 13.8 Å². The van der Waals surface area contributed by atoms with Crippen LogP contribution in [0.4, 0.5) is 15.8 Å². The fourth-order valence-electron chi connectivity index (χ4n) is 3.07. The van der Waals surface area contributed by atoms with Gasteiger partial charge in [0.15, 0.2) is 0 Å². The van der Waals surface area contributed by atoms with Gasteiger partial charge in [0.2, 0.25) is 0 Å². The van der Waals surface area contributed by atoms with Gasteiger partial charge in [-0.1, -0.05) is 11.6 Å². The lowest BCUT2D eigenvalue weighted by Gasteiger charge is -2.31. The molecule has 1 fully saturated rings. The summed E-state index contributed by atoms with van der Waals surface area (Å²) in [7, 11) is -4.03. The van der Waals surface area contributed by atoms with Crippen LogP contribution >= 0.6 is 11.6 Å². The summed E-state index contributed by atoms with van der Waals surface area (Å²) >= 11 is 5.75. The predicted octanol–water partition coefficient (Wildman–Crippen LogP) is 3.91. The number of rotatable bonds is 8. The van der Waals surface area contributed by atoms with Gasteiger partial charge in [-0.3, -0.25) is 4.72 Å². The Kier molecular flexibility index (Phi) is 7.27. The Morgan fingerprint density at radius 3 is 2.40 bits per heavy atom. The van der Waals surface area contributed by atoms with Crippen molar-refractivity contribution in [2.24, 2.45) is 0 Å². The van der Waals surface area contributed by atoms with E-state index in [2.05, 4.69) is 9.62 Å². The van der Waals surface area contributed by atoms with Crippen LogP contribution in [-0.2, 0) is 14.8 Å². The van der Waals surface area contributed by atoms with Crippen molar-refractivity contribution in [2.75, 3.05) is 49.1 Å². The highest BCUT2D eigenvalue weighted by Crippen LogP contribution is 2.40. The van der Waals surface area contributed by atoms with Crippen molar-refractivity contribution in [3.63, 3.8) is 0 Å². The molecule has 2 aromatic rings. The summed E-state index contributed by atoms with van der Waals surface area (Å²) in [6.07, 6.45) is 0. The van der Waals surface area contributed by atoms with E-state index in [0.717, 1.165) is 23.9 Å². The number of anilines is 2. The molecule has 3 rings (SSSR count). The minimum absolute atomic E-state index is 0.161. The molecule has 0 saturated carbocycles. The lowest BCUT2D eigenvalue weighted by Crippen LogP contribution is -2.36. The maximum absolute atomic E-state index is 13.4. The molecule has 1 aliphatic rings. The first-order valence-electron chi connectivity index (χ1n) is 9.60. The van der Waals surface area contributed by atoms with Crippen molar-refractivity contribution in [3.05, 3.63) is 41.2 Å². The van der Waals surface area contributed by atoms with E-state index in [9.17, 15) is 12.8 Å². The highest BCUT2D eigenvalue weighted by Gasteiger charge is 2.23. The van der Waals surface area contributed by atoms with Crippen molar-refractivity contribution in [1.29, 1.82) is 0 Å². The molecule has 30 heavy (non-hydrogen) atoms. The molecule has 0 spiro atoms. The third kappa shape index (κ3) is 5.08. The van der Waals surface area contributed by atoms with Gasteiger partial charge in [0, 0.05) is 25.2 Å². The average molecular weight is 459 g/mol. The first kappa shape index (κ1) is 22.5. The van der Waals surface area contributed by atoms with Crippen LogP contribution in [0.15, 0.2) is 35.2 Å². The largest absolute Gasteiger partial charge is 0.492 e. The third-order valence-corrected chi connectivity index (χ3v) is 6.11. The Balaban J connectivity index is 2.01. The van der Waals surface area contributed by atoms with Crippen LogP contribution in [0.2, 0.25) is 5.02 Å². The molecule has 7 nitrogen and oxygen atoms in total. The fourth-order valence-corrected chi connectivity index (χ4v) is 4.41. The van der Waals surface area contributed by atoms with E-state index in [1.165, 1.54) is 0 Å². The normalized spacial score (nSPS) is 14.5. The molecule has 1 heterocycles. The molecule has 0 aromatic heterocycles. The zero-order valence-corrected chi connectivity index (χ0v) is 18.4. The molecule has 0 atom stereocenters. The van der Waals surface area contributed by atoms with E-state index < -0.39 is 15.8 Å². The van der Waals surface area contributed by atoms with Crippen molar-refractivity contribution in [3.8, 4) is 11.5 Å². The molecule has 10 heteroatoms. The molecule has 1 N–H and O–H groups in total. The molecule has 0 bridgehead atoms. The highest BCUT2D eigenvalue weighted by molar-refractivity contribution is 7.92. The van der Waals surface area contributed by atoms with Crippen LogP contribution < -0.4 is 19.1 Å². The van der Waals surface area contributed by atoms with Gasteiger partial charge in [0.1, 0.15) is 17.3 Å². The monoisotopic (exact) mass is 458 g/mol. The fraction of sp³-hybridized carbons (Fsp3) is 0.400. The summed E-state index contributed by atoms with van der Waals surface area (Å²) in [6.45, 7) is 6.96. The molecular weight excluding hydrogens is 435 g/mol. The van der Waals surface area contributed by atoms with Crippen LogP contribution in [0.25, 0.3) is 0 Å². The number of benzene rings is 2. The quantitative estimate of drug-likeness (QED) is 0.646. The lowest BCUT2D eigenvalue weighted by atomic mass is 10.2. The second kappa shape index (κ2) is 9.72. The summed E-state index contributed by atoms with van der Waals surface area (Å²) in [5, 5.41) is -0.277. The Bertz CT molecular complexity index is 997. The number of hydrogen-bond donors (Lipinski definition) is 1. The van der Waals surface area contributed by atoms with Crippen LogP contribution in [0, 0.1) is 5.82 Å². The van der Waals surface area contributed by atoms with E-state index in [-0.39, 0.29) is 15.6 Å². The Labute approximate surface area is 180 Å². The maximum Gasteiger partial charge on any atom is 0.262 e. The summed E-state index contributed by atoms with van der Waals surface area (Å²) < 4.78 is 58.6. The van der Waals surface area contributed by atoms with E-state index in [4.69, 9.17) is 25.8 Å². The zero-order chi connectivity index (χ0) is 21.7. The van der Waals surface area contributed by atoms with Crippen LogP contribution in [0.3, 0.4) is 0 Å². The Morgan fingerprint density at radius 1 is 1.10 bits per heavy atom. The summed E-state index contributed by atoms with van der Waals surface area (Å²) in [5.74, 6) is 0.191. The van der Waals surface area contributed by atoms with Crippen LogP contribution in [-0.4, -0.2) is 47.9 Å². The van der Waals surface area contributed by atoms with Gasteiger partial charge in [-0.25, -0.2) is 12.8 Å². The predicted molar refractivity (Wildman–Crippen MR) is 114 cm³/mol. The van der Waals surface area contributed by atoms with E-state index in [1.54, 1.807) is 12.1 Å². The number of sulfonamides is 1. The number of nitrogens with one attached hydrogen (secondary N) is 1. The number of morpholine rings is 1. The van der Waals surface area contributed by atoms with Gasteiger partial charge in [-0.05, 0) is 32.0 Å². The number of nitrogens with zero attached hydrogens (tertiary/aromatic N) is 1. The number of hydrogen-bond acceptors (Lipinski definition) is 6. The highest BCUT2D eigenvalue weighted by atomic mass is 35.5. The minimum Gasteiger partial charge on any atom is -0.492 e. The average Bonchev–Trinajstić information content (AvgIpc) is 2.72. The first-order chi connectivity index (χ1) is 14.4. The topological polar surface area (TPSA) is 77.1 Å². The lowest BCUT2D eigenvalue weighted by molar-refractivity contribution is 0.122. The molecule has 0 radical (unpaired) electrons. The second-order valence-corrected chi connectivity index (χ2v) is 8.55. The van der Waals surface area contributed by atoms with Crippen molar-refractivity contribution in [2.45, 2.75) is 18.7 Å². The standard InChI is InChI=1S/C20H24ClFN2O5S/c1-3-28-19-13-18(24-7-9-27-10-8-24)20(29-4-2)12-17(19)23-30(25,26)14-5-6-16(22)15(21)11-14/h5-6,11-13,23H,3-4,7-10H2,1-2H3. The zero-order valence-electron chi connectivity index (χ0n) is 16.8. The van der Waals surface area contributed by atoms with Gasteiger partial charge in [-0.2, -0.15) is 0 Å². The van der Waals surface area contributed by atoms with Crippen LogP contribution in [0.1, 0.15) is 13.8 Å². The smallest absolute Gasteiger partial charge is 0.262 e. The molecule has 1 saturated heterocycles. The van der Waals surface area contributed by atoms with Gasteiger partial charge in [-0.15, -0.1) is 0 Å². The van der Waals surface area contributed by atoms with E-state index in [0.29, 0.717) is 51.0 Å².